The SMILES string of the molecule is CCCCC1CCC1N(C)CCC. The van der Waals surface area contributed by atoms with Crippen molar-refractivity contribution < 1.29 is 0 Å². The largest absolute Gasteiger partial charge is 0.303 e. The molecule has 0 heterocycles. The second-order valence-corrected chi connectivity index (χ2v) is 4.53. The molecule has 1 rings (SSSR count). The number of hydrogen-bond donors (Lipinski definition) is 0. The highest BCUT2D eigenvalue weighted by Gasteiger charge is 2.32. The van der Waals surface area contributed by atoms with Crippen molar-refractivity contribution in [2.75, 3.05) is 13.6 Å². The van der Waals surface area contributed by atoms with E-state index in [0.29, 0.717) is 0 Å². The van der Waals surface area contributed by atoms with E-state index in [-0.39, 0.29) is 0 Å². The van der Waals surface area contributed by atoms with Crippen LogP contribution in [0.3, 0.4) is 0 Å². The average Bonchev–Trinajstić information content (AvgIpc) is 2.03. The lowest BCUT2D eigenvalue weighted by Gasteiger charge is -2.43. The third-order valence-electron chi connectivity index (χ3n) is 3.45. The molecule has 2 unspecified atom stereocenters. The van der Waals surface area contributed by atoms with E-state index in [1.807, 2.05) is 0 Å². The fourth-order valence-corrected chi connectivity index (χ4v) is 2.45. The third kappa shape index (κ3) is 2.98. The molecule has 0 aliphatic heterocycles. The standard InChI is InChI=1S/C12H25N/c1-4-6-7-11-8-9-12(11)13(3)10-5-2/h11-12H,4-10H2,1-3H3. The number of rotatable bonds is 6. The van der Waals surface area contributed by atoms with Crippen LogP contribution in [-0.4, -0.2) is 24.5 Å². The molecule has 0 amide bonds. The van der Waals surface area contributed by atoms with Crippen molar-refractivity contribution in [2.24, 2.45) is 5.92 Å². The molecule has 0 radical (unpaired) electrons. The minimum absolute atomic E-state index is 0.923. The molecule has 1 fully saturated rings. The van der Waals surface area contributed by atoms with E-state index in [4.69, 9.17) is 0 Å². The molecule has 2 atom stereocenters. The van der Waals surface area contributed by atoms with Crippen molar-refractivity contribution in [3.8, 4) is 0 Å². The zero-order chi connectivity index (χ0) is 9.68. The van der Waals surface area contributed by atoms with Crippen LogP contribution in [0.5, 0.6) is 0 Å². The fraction of sp³-hybridized carbons (Fsp3) is 1.00. The zero-order valence-corrected chi connectivity index (χ0v) is 9.55. The number of unbranched alkanes of at least 4 members (excludes halogenated alkanes) is 1. The summed E-state index contributed by atoms with van der Waals surface area (Å²) < 4.78 is 0. The Bertz CT molecular complexity index is 133. The molecule has 1 nitrogen and oxygen atoms in total. The first kappa shape index (κ1) is 11.0. The molecule has 0 aromatic carbocycles. The monoisotopic (exact) mass is 183 g/mol. The van der Waals surface area contributed by atoms with Crippen molar-refractivity contribution in [3.63, 3.8) is 0 Å². The second-order valence-electron chi connectivity index (χ2n) is 4.53. The van der Waals surface area contributed by atoms with E-state index in [1.54, 1.807) is 0 Å². The summed E-state index contributed by atoms with van der Waals surface area (Å²) in [6, 6.07) is 0.923. The van der Waals surface area contributed by atoms with E-state index in [9.17, 15) is 0 Å². The van der Waals surface area contributed by atoms with Crippen LogP contribution >= 0.6 is 0 Å². The molecule has 1 heteroatoms. The van der Waals surface area contributed by atoms with Gasteiger partial charge in [-0.15, -0.1) is 0 Å². The van der Waals surface area contributed by atoms with Crippen LogP contribution in [0.2, 0.25) is 0 Å². The summed E-state index contributed by atoms with van der Waals surface area (Å²) in [4.78, 5) is 2.57. The number of nitrogens with zero attached hydrogens (tertiary/aromatic N) is 1. The molecule has 78 valence electrons. The lowest BCUT2D eigenvalue weighted by molar-refractivity contribution is 0.0772. The molecule has 1 aliphatic rings. The van der Waals surface area contributed by atoms with Crippen LogP contribution in [0.15, 0.2) is 0 Å². The summed E-state index contributed by atoms with van der Waals surface area (Å²) in [5.41, 5.74) is 0. The maximum atomic E-state index is 2.57. The maximum Gasteiger partial charge on any atom is 0.0121 e. The van der Waals surface area contributed by atoms with E-state index >= 15 is 0 Å². The van der Waals surface area contributed by atoms with Crippen LogP contribution in [-0.2, 0) is 0 Å². The van der Waals surface area contributed by atoms with Crippen molar-refractivity contribution in [3.05, 3.63) is 0 Å². The highest BCUT2D eigenvalue weighted by Crippen LogP contribution is 2.35. The van der Waals surface area contributed by atoms with Crippen LogP contribution in [0.1, 0.15) is 52.4 Å². The van der Waals surface area contributed by atoms with Crippen LogP contribution in [0.4, 0.5) is 0 Å². The van der Waals surface area contributed by atoms with Crippen molar-refractivity contribution in [1.29, 1.82) is 0 Å². The molecular formula is C12H25N. The van der Waals surface area contributed by atoms with Gasteiger partial charge < -0.3 is 4.90 Å². The summed E-state index contributed by atoms with van der Waals surface area (Å²) in [5.74, 6) is 1.02. The van der Waals surface area contributed by atoms with E-state index < -0.39 is 0 Å². The minimum atomic E-state index is 0.923. The molecule has 1 aliphatic carbocycles. The highest BCUT2D eigenvalue weighted by molar-refractivity contribution is 4.87. The van der Waals surface area contributed by atoms with Crippen LogP contribution in [0.25, 0.3) is 0 Å². The Morgan fingerprint density at radius 1 is 1.15 bits per heavy atom. The maximum absolute atomic E-state index is 2.57. The first-order valence-corrected chi connectivity index (χ1v) is 5.99. The molecule has 0 aromatic heterocycles. The van der Waals surface area contributed by atoms with Gasteiger partial charge in [-0.05, 0) is 45.2 Å². The Balaban J connectivity index is 2.19. The topological polar surface area (TPSA) is 3.24 Å². The zero-order valence-electron chi connectivity index (χ0n) is 9.55. The average molecular weight is 183 g/mol. The molecule has 13 heavy (non-hydrogen) atoms. The van der Waals surface area contributed by atoms with Crippen LogP contribution < -0.4 is 0 Å². The summed E-state index contributed by atoms with van der Waals surface area (Å²) in [7, 11) is 2.30. The van der Waals surface area contributed by atoms with Gasteiger partial charge in [0.15, 0.2) is 0 Å². The molecular weight excluding hydrogens is 158 g/mol. The fourth-order valence-electron chi connectivity index (χ4n) is 2.45. The highest BCUT2D eigenvalue weighted by atomic mass is 15.1. The Labute approximate surface area is 83.5 Å². The van der Waals surface area contributed by atoms with Gasteiger partial charge in [-0.2, -0.15) is 0 Å². The Morgan fingerprint density at radius 3 is 2.38 bits per heavy atom. The summed E-state index contributed by atoms with van der Waals surface area (Å²) in [6.07, 6.45) is 8.49. The Hall–Kier alpha value is -0.0400. The van der Waals surface area contributed by atoms with Crippen molar-refractivity contribution >= 4 is 0 Å². The molecule has 0 spiro atoms. The molecule has 0 saturated heterocycles. The van der Waals surface area contributed by atoms with Crippen molar-refractivity contribution in [2.45, 2.75) is 58.4 Å². The van der Waals surface area contributed by atoms with Gasteiger partial charge in [0.25, 0.3) is 0 Å². The predicted molar refractivity (Wildman–Crippen MR) is 59.0 cm³/mol. The Morgan fingerprint density at radius 2 is 1.92 bits per heavy atom. The van der Waals surface area contributed by atoms with E-state index in [1.165, 1.54) is 45.1 Å². The first-order valence-electron chi connectivity index (χ1n) is 5.99. The minimum Gasteiger partial charge on any atom is -0.303 e. The van der Waals surface area contributed by atoms with Gasteiger partial charge >= 0.3 is 0 Å². The van der Waals surface area contributed by atoms with Gasteiger partial charge in [-0.3, -0.25) is 0 Å². The summed E-state index contributed by atoms with van der Waals surface area (Å²) in [5, 5.41) is 0. The normalized spacial score (nSPS) is 27.7. The summed E-state index contributed by atoms with van der Waals surface area (Å²) in [6.45, 7) is 5.85. The number of hydrogen-bond acceptors (Lipinski definition) is 1. The van der Waals surface area contributed by atoms with Gasteiger partial charge in [-0.1, -0.05) is 26.7 Å². The van der Waals surface area contributed by atoms with Crippen LogP contribution in [0, 0.1) is 5.92 Å². The van der Waals surface area contributed by atoms with E-state index in [0.717, 1.165) is 12.0 Å². The first-order chi connectivity index (χ1) is 6.29. The molecule has 0 bridgehead atoms. The third-order valence-corrected chi connectivity index (χ3v) is 3.45. The summed E-state index contributed by atoms with van der Waals surface area (Å²) >= 11 is 0. The molecule has 0 N–H and O–H groups in total. The molecule has 1 saturated carbocycles. The second kappa shape index (κ2) is 5.64. The van der Waals surface area contributed by atoms with Gasteiger partial charge in [0.1, 0.15) is 0 Å². The van der Waals surface area contributed by atoms with Gasteiger partial charge in [0.2, 0.25) is 0 Å². The Kier molecular flexibility index (Phi) is 4.79. The quantitative estimate of drug-likeness (QED) is 0.611. The smallest absolute Gasteiger partial charge is 0.0121 e. The molecule has 0 aromatic rings. The lowest BCUT2D eigenvalue weighted by Crippen LogP contribution is -2.45. The van der Waals surface area contributed by atoms with Gasteiger partial charge in [0, 0.05) is 6.04 Å². The van der Waals surface area contributed by atoms with Crippen molar-refractivity contribution in [1.82, 2.24) is 4.90 Å². The lowest BCUT2D eigenvalue weighted by atomic mass is 9.75. The van der Waals surface area contributed by atoms with Gasteiger partial charge in [-0.25, -0.2) is 0 Å². The van der Waals surface area contributed by atoms with Gasteiger partial charge in [0.05, 0.1) is 0 Å². The predicted octanol–water partition coefficient (Wildman–Crippen LogP) is 3.30. The van der Waals surface area contributed by atoms with E-state index in [2.05, 4.69) is 25.8 Å².